The Morgan fingerprint density at radius 3 is 1.67 bits per heavy atom. The third kappa shape index (κ3) is 4.87. The zero-order valence-electron chi connectivity index (χ0n) is 34.2. The van der Waals surface area contributed by atoms with Crippen molar-refractivity contribution in [3.8, 4) is 44.5 Å². The van der Waals surface area contributed by atoms with E-state index in [0.29, 0.717) is 0 Å². The van der Waals surface area contributed by atoms with Gasteiger partial charge in [-0.2, -0.15) is 0 Å². The zero-order valence-corrected chi connectivity index (χ0v) is 34.2. The van der Waals surface area contributed by atoms with E-state index in [4.69, 9.17) is 4.42 Å². The highest BCUT2D eigenvalue weighted by Crippen LogP contribution is 2.52. The smallest absolute Gasteiger partial charge is 0.136 e. The van der Waals surface area contributed by atoms with Gasteiger partial charge in [0, 0.05) is 16.2 Å². The normalized spacial score (nSPS) is 14.0. The zero-order chi connectivity index (χ0) is 40.3. The summed E-state index contributed by atoms with van der Waals surface area (Å²) in [4.78, 5) is 0. The number of rotatable bonds is 3. The first-order valence-electron chi connectivity index (χ1n) is 21.2. The summed E-state index contributed by atoms with van der Waals surface area (Å²) in [5.41, 5.74) is 14.7. The third-order valence-electron chi connectivity index (χ3n) is 13.6. The highest BCUT2D eigenvalue weighted by atomic mass is 16.3. The van der Waals surface area contributed by atoms with Crippen molar-refractivity contribution < 1.29 is 4.42 Å². The molecule has 0 spiro atoms. The molecule has 0 saturated carbocycles. The molecule has 0 bridgehead atoms. The van der Waals surface area contributed by atoms with Gasteiger partial charge in [-0.1, -0.05) is 159 Å². The standard InChI is InChI=1S/C59H42O/c1-5-39-40(6-2)58(48-23-12-11-22-47(48)57(39)46-24-15-17-35-16-7-8-18-41(35)46)49-28-27-42(43-19-9-10-20-44(43)49)36-26-29-53-50(30-36)51-31-38-34-56-52(45-21-13-14-25-55(45)60-56)32-37(38)33-54(51)59(53,3)4/h5-34H,1-4H3/b39-5+,40-6+. The van der Waals surface area contributed by atoms with E-state index in [1.807, 2.05) is 6.07 Å². The Bertz CT molecular complexity index is 3760. The van der Waals surface area contributed by atoms with E-state index in [0.717, 1.165) is 11.2 Å². The molecule has 1 aliphatic carbocycles. The van der Waals surface area contributed by atoms with Crippen LogP contribution in [0.25, 0.3) is 122 Å². The van der Waals surface area contributed by atoms with Crippen molar-refractivity contribution in [3.05, 3.63) is 191 Å². The van der Waals surface area contributed by atoms with Gasteiger partial charge in [-0.05, 0) is 159 Å². The number of benzene rings is 10. The average molecular weight is 767 g/mol. The molecule has 0 radical (unpaired) electrons. The summed E-state index contributed by atoms with van der Waals surface area (Å²) in [5, 5.41) is 14.9. The van der Waals surface area contributed by atoms with Crippen LogP contribution in [0, 0.1) is 0 Å². The van der Waals surface area contributed by atoms with E-state index in [9.17, 15) is 0 Å². The number of fused-ring (bicyclic) bond motifs is 10. The highest BCUT2D eigenvalue weighted by molar-refractivity contribution is 6.15. The van der Waals surface area contributed by atoms with E-state index in [1.54, 1.807) is 0 Å². The minimum atomic E-state index is -0.128. The Balaban J connectivity index is 1.05. The maximum Gasteiger partial charge on any atom is 0.136 e. The Hall–Kier alpha value is -7.22. The third-order valence-corrected chi connectivity index (χ3v) is 13.6. The predicted molar refractivity (Wildman–Crippen MR) is 257 cm³/mol. The van der Waals surface area contributed by atoms with Gasteiger partial charge in [0.25, 0.3) is 0 Å². The molecule has 1 nitrogen and oxygen atoms in total. The largest absolute Gasteiger partial charge is 0.456 e. The Labute approximate surface area is 349 Å². The second-order valence-electron chi connectivity index (χ2n) is 17.0. The van der Waals surface area contributed by atoms with Gasteiger partial charge in [0.05, 0.1) is 0 Å². The molecule has 0 fully saturated rings. The van der Waals surface area contributed by atoms with E-state index < -0.39 is 0 Å². The summed E-state index contributed by atoms with van der Waals surface area (Å²) < 4.78 is 6.34. The van der Waals surface area contributed by atoms with Crippen LogP contribution in [-0.2, 0) is 5.41 Å². The van der Waals surface area contributed by atoms with Crippen LogP contribution in [0.4, 0.5) is 0 Å². The molecule has 1 aliphatic rings. The van der Waals surface area contributed by atoms with Gasteiger partial charge in [0.1, 0.15) is 11.2 Å². The van der Waals surface area contributed by atoms with Crippen LogP contribution in [0.2, 0.25) is 0 Å². The quantitative estimate of drug-likeness (QED) is 0.175. The Morgan fingerprint density at radius 1 is 0.367 bits per heavy atom. The summed E-state index contributed by atoms with van der Waals surface area (Å²) in [6.07, 6.45) is 4.63. The topological polar surface area (TPSA) is 13.1 Å². The number of furan rings is 1. The van der Waals surface area contributed by atoms with Crippen LogP contribution >= 0.6 is 0 Å². The second-order valence-corrected chi connectivity index (χ2v) is 17.0. The summed E-state index contributed by atoms with van der Waals surface area (Å²) in [7, 11) is 0. The summed E-state index contributed by atoms with van der Waals surface area (Å²) >= 11 is 0. The first-order chi connectivity index (χ1) is 29.4. The molecule has 10 aromatic carbocycles. The molecule has 1 heterocycles. The molecule has 0 amide bonds. The lowest BCUT2D eigenvalue weighted by Gasteiger charge is -2.22. The second kappa shape index (κ2) is 12.9. The van der Waals surface area contributed by atoms with E-state index in [1.165, 1.54) is 120 Å². The van der Waals surface area contributed by atoms with Gasteiger partial charge in [-0.25, -0.2) is 0 Å². The maximum atomic E-state index is 6.34. The summed E-state index contributed by atoms with van der Waals surface area (Å²) in [6, 6.07) is 63.1. The van der Waals surface area contributed by atoms with Crippen molar-refractivity contribution in [2.75, 3.05) is 0 Å². The van der Waals surface area contributed by atoms with Gasteiger partial charge in [0.2, 0.25) is 0 Å². The number of hydrogen-bond acceptors (Lipinski definition) is 1. The lowest BCUT2D eigenvalue weighted by atomic mass is 9.81. The van der Waals surface area contributed by atoms with Gasteiger partial charge in [-0.15, -0.1) is 0 Å². The fourth-order valence-electron chi connectivity index (χ4n) is 10.8. The monoisotopic (exact) mass is 766 g/mol. The minimum absolute atomic E-state index is 0.128. The molecule has 0 N–H and O–H groups in total. The average Bonchev–Trinajstić information content (AvgIpc) is 3.76. The fraction of sp³-hybridized carbons (Fsp3) is 0.0847. The molecule has 60 heavy (non-hydrogen) atoms. The van der Waals surface area contributed by atoms with Crippen LogP contribution in [0.15, 0.2) is 174 Å². The lowest BCUT2D eigenvalue weighted by molar-refractivity contribution is 0.661. The molecule has 1 aromatic heterocycles. The molecule has 1 heteroatoms. The highest BCUT2D eigenvalue weighted by Gasteiger charge is 2.36. The summed E-state index contributed by atoms with van der Waals surface area (Å²) in [5.74, 6) is 0. The summed E-state index contributed by atoms with van der Waals surface area (Å²) in [6.45, 7) is 9.13. The van der Waals surface area contributed by atoms with Gasteiger partial charge in [0.15, 0.2) is 0 Å². The molecular weight excluding hydrogens is 725 g/mol. The van der Waals surface area contributed by atoms with Crippen LogP contribution in [0.5, 0.6) is 0 Å². The van der Waals surface area contributed by atoms with Crippen molar-refractivity contribution >= 4 is 77.2 Å². The molecule has 11 aromatic rings. The first-order valence-corrected chi connectivity index (χ1v) is 21.2. The van der Waals surface area contributed by atoms with Crippen LogP contribution < -0.4 is 10.4 Å². The van der Waals surface area contributed by atoms with Crippen molar-refractivity contribution in [2.45, 2.75) is 33.1 Å². The van der Waals surface area contributed by atoms with Crippen molar-refractivity contribution in [1.29, 1.82) is 0 Å². The van der Waals surface area contributed by atoms with Gasteiger partial charge < -0.3 is 4.42 Å². The SMILES string of the molecule is C/C=c1/c(-c2cccc3ccccc23)c2ccccc2c(-c2ccc(-c3ccc4c(c3)-c3cc5cc6oc7ccccc7c6cc5cc3C4(C)C)c3ccccc23)/c1=C/C. The molecule has 12 rings (SSSR count). The molecule has 284 valence electrons. The van der Waals surface area contributed by atoms with Gasteiger partial charge >= 0.3 is 0 Å². The van der Waals surface area contributed by atoms with Crippen LogP contribution in [0.1, 0.15) is 38.8 Å². The van der Waals surface area contributed by atoms with E-state index in [-0.39, 0.29) is 5.41 Å². The molecule has 0 unspecified atom stereocenters. The van der Waals surface area contributed by atoms with E-state index in [2.05, 4.69) is 204 Å². The van der Waals surface area contributed by atoms with Crippen LogP contribution in [0.3, 0.4) is 0 Å². The fourth-order valence-corrected chi connectivity index (χ4v) is 10.8. The van der Waals surface area contributed by atoms with Crippen LogP contribution in [-0.4, -0.2) is 0 Å². The first kappa shape index (κ1) is 34.8. The molecular formula is C59H42O. The molecule has 0 saturated heterocycles. The van der Waals surface area contributed by atoms with Crippen molar-refractivity contribution in [3.63, 3.8) is 0 Å². The number of para-hydroxylation sites is 1. The Kier molecular flexibility index (Phi) is 7.47. The molecule has 0 atom stereocenters. The number of hydrogen-bond donors (Lipinski definition) is 0. The van der Waals surface area contributed by atoms with E-state index >= 15 is 0 Å². The predicted octanol–water partition coefficient (Wildman–Crippen LogP) is 15.1. The van der Waals surface area contributed by atoms with Crippen molar-refractivity contribution in [2.24, 2.45) is 0 Å². The van der Waals surface area contributed by atoms with Gasteiger partial charge in [-0.3, -0.25) is 0 Å². The molecule has 0 aliphatic heterocycles. The minimum Gasteiger partial charge on any atom is -0.456 e. The maximum absolute atomic E-state index is 6.34. The lowest BCUT2D eigenvalue weighted by Crippen LogP contribution is -2.29. The Morgan fingerprint density at radius 2 is 0.933 bits per heavy atom. The van der Waals surface area contributed by atoms with Crippen molar-refractivity contribution in [1.82, 2.24) is 0 Å².